The van der Waals surface area contributed by atoms with Gasteiger partial charge in [-0.1, -0.05) is 50.7 Å². The van der Waals surface area contributed by atoms with E-state index in [1.54, 1.807) is 0 Å². The molecule has 2 unspecified atom stereocenters. The van der Waals surface area contributed by atoms with Gasteiger partial charge < -0.3 is 9.47 Å². The molecule has 0 amide bonds. The zero-order chi connectivity index (χ0) is 32.7. The van der Waals surface area contributed by atoms with E-state index in [4.69, 9.17) is 19.7 Å². The Hall–Kier alpha value is -3.32. The summed E-state index contributed by atoms with van der Waals surface area (Å²) in [7, 11) is 0. The van der Waals surface area contributed by atoms with Gasteiger partial charge in [0.15, 0.2) is 23.3 Å². The molecule has 10 atom stereocenters. The Labute approximate surface area is 284 Å². The summed E-state index contributed by atoms with van der Waals surface area (Å²) in [6.07, 6.45) is 8.86. The summed E-state index contributed by atoms with van der Waals surface area (Å²) >= 11 is 2.93. The molecule has 8 rings (SSSR count). The highest BCUT2D eigenvalue weighted by Gasteiger charge is 2.79. The molecule has 4 aliphatic carbocycles. The van der Waals surface area contributed by atoms with Gasteiger partial charge >= 0.3 is 5.97 Å². The topological polar surface area (TPSA) is 96.5 Å². The number of Topliss-reactive ketones (excluding diaryl/α,β-unsaturated/α-hetero) is 1. The van der Waals surface area contributed by atoms with Crippen molar-refractivity contribution in [2.45, 2.75) is 75.1 Å². The van der Waals surface area contributed by atoms with E-state index in [-0.39, 0.29) is 41.0 Å². The first-order chi connectivity index (χ1) is 22.6. The zero-order valence-electron chi connectivity index (χ0n) is 27.1. The van der Waals surface area contributed by atoms with Crippen LogP contribution in [0, 0.1) is 51.8 Å². The number of rotatable bonds is 8. The van der Waals surface area contributed by atoms with Crippen LogP contribution in [-0.4, -0.2) is 40.3 Å². The van der Waals surface area contributed by atoms with Crippen molar-refractivity contribution in [2.75, 3.05) is 5.75 Å². The van der Waals surface area contributed by atoms with Crippen LogP contribution in [0.5, 0.6) is 0 Å². The number of fused-ring (bicyclic) bond motifs is 2. The number of epoxide rings is 1. The molecule has 242 valence electrons. The average molecular weight is 667 g/mol. The zero-order valence-corrected chi connectivity index (χ0v) is 28.7. The van der Waals surface area contributed by atoms with Crippen molar-refractivity contribution in [3.8, 4) is 17.3 Å². The fourth-order valence-corrected chi connectivity index (χ4v) is 11.8. The lowest BCUT2D eigenvalue weighted by Gasteiger charge is -2.58. The molecule has 47 heavy (non-hydrogen) atoms. The third-order valence-electron chi connectivity index (χ3n) is 12.8. The Kier molecular flexibility index (Phi) is 7.33. The smallest absolute Gasteiger partial charge is 0.316 e. The minimum Gasteiger partial charge on any atom is -0.461 e. The highest BCUT2D eigenvalue weighted by atomic mass is 32.2. The van der Waals surface area contributed by atoms with Gasteiger partial charge in [0.1, 0.15) is 17.5 Å². The minimum absolute atomic E-state index is 0.0281. The molecule has 1 aromatic carbocycles. The molecule has 3 heterocycles. The van der Waals surface area contributed by atoms with Gasteiger partial charge in [0.05, 0.1) is 29.2 Å². The fraction of sp³-hybridized carbons (Fsp3) is 0.500. The molecule has 5 fully saturated rings. The van der Waals surface area contributed by atoms with Gasteiger partial charge in [0, 0.05) is 52.8 Å². The fourth-order valence-electron chi connectivity index (χ4n) is 10.2. The molecule has 2 bridgehead atoms. The van der Waals surface area contributed by atoms with Crippen LogP contribution in [0.2, 0.25) is 0 Å². The number of thiazole rings is 1. The second-order valence-corrected chi connectivity index (χ2v) is 16.8. The third-order valence-corrected chi connectivity index (χ3v) is 14.8. The number of benzene rings is 1. The number of pyridine rings is 1. The molecule has 3 aromatic rings. The standard InChI is InChI=1S/C38H40N3O4S2/c1-5-37-17-31(36(4)22(2)27-16-28(27)38(23(3)34(37)45-37)13-10-30(42)33(36)38)44-32(43)21-47-35-40-29(20-46-35)26-11-14-41(15-12-26)19-25-8-6-24(18-39)7-9-25/h5-9,11-12,14-15,20,22-23,27-28,31,33-34H,1,10,13,16-17,19,21H2,2-4H3/q+1/t22-,23+,27?,28?,31-,33+,34+,36+,37+,38+/m1/s1. The van der Waals surface area contributed by atoms with Gasteiger partial charge in [-0.15, -0.1) is 17.9 Å². The van der Waals surface area contributed by atoms with E-state index < -0.39 is 17.1 Å². The molecule has 0 spiro atoms. The monoisotopic (exact) mass is 666 g/mol. The van der Waals surface area contributed by atoms with E-state index in [2.05, 4.69) is 38.0 Å². The molecule has 1 aliphatic heterocycles. The van der Waals surface area contributed by atoms with E-state index in [0.717, 1.165) is 27.6 Å². The Balaban J connectivity index is 0.959. The van der Waals surface area contributed by atoms with Crippen molar-refractivity contribution in [3.63, 3.8) is 0 Å². The number of esters is 1. The number of ketones is 1. The quantitative estimate of drug-likeness (QED) is 0.0874. The number of hydrogen-bond donors (Lipinski definition) is 0. The van der Waals surface area contributed by atoms with Crippen LogP contribution in [-0.2, 0) is 25.6 Å². The maximum Gasteiger partial charge on any atom is 0.316 e. The number of ether oxygens (including phenoxy) is 2. The van der Waals surface area contributed by atoms with E-state index in [1.165, 1.54) is 29.5 Å². The van der Waals surface area contributed by atoms with Crippen LogP contribution < -0.4 is 4.57 Å². The van der Waals surface area contributed by atoms with E-state index in [0.29, 0.717) is 42.6 Å². The predicted octanol–water partition coefficient (Wildman–Crippen LogP) is 6.64. The van der Waals surface area contributed by atoms with Gasteiger partial charge in [-0.05, 0) is 54.1 Å². The predicted molar refractivity (Wildman–Crippen MR) is 179 cm³/mol. The van der Waals surface area contributed by atoms with Gasteiger partial charge in [-0.25, -0.2) is 9.55 Å². The van der Waals surface area contributed by atoms with Crippen molar-refractivity contribution in [3.05, 3.63) is 78.0 Å². The molecule has 2 aromatic heterocycles. The van der Waals surface area contributed by atoms with E-state index in [9.17, 15) is 9.59 Å². The SMILES string of the molecule is C=C[C@]12C[C@@H](OC(=O)CSc3nc(-c4cc[n+](Cc5ccc(C#N)cc5)cc4)cs3)[C@]3(C)[C@H](C)C4CC4[C@]4(CCC(=O)[C@H]43)[C@@H](C)[C@@H]1O2. The summed E-state index contributed by atoms with van der Waals surface area (Å²) in [6, 6.07) is 13.9. The first-order valence-corrected chi connectivity index (χ1v) is 18.6. The summed E-state index contributed by atoms with van der Waals surface area (Å²) in [6.45, 7) is 11.7. The number of thioether (sulfide) groups is 1. The Morgan fingerprint density at radius 1 is 1.23 bits per heavy atom. The average Bonchev–Trinajstić information content (AvgIpc) is 3.94. The number of carbonyl (C=O) groups excluding carboxylic acids is 2. The number of nitriles is 1. The highest BCUT2D eigenvalue weighted by Crippen LogP contribution is 2.78. The normalized spacial score (nSPS) is 37.7. The first-order valence-electron chi connectivity index (χ1n) is 16.7. The minimum atomic E-state index is -0.496. The molecule has 4 saturated carbocycles. The number of hydrogen-bond acceptors (Lipinski definition) is 8. The summed E-state index contributed by atoms with van der Waals surface area (Å²) in [4.78, 5) is 32.2. The Bertz CT molecular complexity index is 1800. The van der Waals surface area contributed by atoms with Crippen LogP contribution in [0.25, 0.3) is 11.3 Å². The van der Waals surface area contributed by atoms with Crippen LogP contribution in [0.15, 0.2) is 71.2 Å². The molecule has 5 aliphatic rings. The lowest BCUT2D eigenvalue weighted by Crippen LogP contribution is -2.61. The third kappa shape index (κ3) is 4.77. The maximum absolute atomic E-state index is 13.8. The molecule has 1 saturated heterocycles. The first kappa shape index (κ1) is 31.0. The van der Waals surface area contributed by atoms with Gasteiger partial charge in [-0.3, -0.25) is 9.59 Å². The molecule has 7 nitrogen and oxygen atoms in total. The van der Waals surface area contributed by atoms with Crippen molar-refractivity contribution >= 4 is 34.9 Å². The number of aromatic nitrogens is 2. The molecular formula is C38H40N3O4S2+. The van der Waals surface area contributed by atoms with Crippen molar-refractivity contribution in [2.24, 2.45) is 40.4 Å². The number of nitrogens with zero attached hydrogens (tertiary/aromatic N) is 3. The van der Waals surface area contributed by atoms with Crippen molar-refractivity contribution < 1.29 is 23.6 Å². The van der Waals surface area contributed by atoms with Crippen LogP contribution in [0.4, 0.5) is 0 Å². The second-order valence-electron chi connectivity index (χ2n) is 14.7. The number of carbonyl (C=O) groups is 2. The molecule has 9 heteroatoms. The Morgan fingerprint density at radius 2 is 2.00 bits per heavy atom. The summed E-state index contributed by atoms with van der Waals surface area (Å²) in [5, 5.41) is 11.0. The lowest BCUT2D eigenvalue weighted by molar-refractivity contribution is -0.688. The van der Waals surface area contributed by atoms with Crippen LogP contribution in [0.1, 0.15) is 57.6 Å². The van der Waals surface area contributed by atoms with Crippen molar-refractivity contribution in [1.29, 1.82) is 5.26 Å². The van der Waals surface area contributed by atoms with Crippen LogP contribution in [0.3, 0.4) is 0 Å². The highest BCUT2D eigenvalue weighted by molar-refractivity contribution is 8.01. The molecule has 0 radical (unpaired) electrons. The van der Waals surface area contributed by atoms with Gasteiger partial charge in [0.25, 0.3) is 0 Å². The Morgan fingerprint density at radius 3 is 2.72 bits per heavy atom. The maximum atomic E-state index is 13.8. The second kappa shape index (κ2) is 11.1. The molecule has 0 N–H and O–H groups in total. The van der Waals surface area contributed by atoms with E-state index in [1.807, 2.05) is 60.2 Å². The summed E-state index contributed by atoms with van der Waals surface area (Å²) in [5.41, 5.74) is 2.64. The van der Waals surface area contributed by atoms with Gasteiger partial charge in [-0.2, -0.15) is 5.26 Å². The van der Waals surface area contributed by atoms with E-state index >= 15 is 0 Å². The van der Waals surface area contributed by atoms with Gasteiger partial charge in [0.2, 0.25) is 0 Å². The van der Waals surface area contributed by atoms with Crippen LogP contribution >= 0.6 is 23.1 Å². The summed E-state index contributed by atoms with van der Waals surface area (Å²) < 4.78 is 15.8. The lowest BCUT2D eigenvalue weighted by atomic mass is 9.45. The largest absolute Gasteiger partial charge is 0.461 e. The molecular weight excluding hydrogens is 627 g/mol. The van der Waals surface area contributed by atoms with Crippen molar-refractivity contribution in [1.82, 2.24) is 4.98 Å². The summed E-state index contributed by atoms with van der Waals surface area (Å²) in [5.74, 6) is 1.85.